The van der Waals surface area contributed by atoms with Crippen LogP contribution in [-0.2, 0) is 11.3 Å². The van der Waals surface area contributed by atoms with Crippen LogP contribution in [-0.4, -0.2) is 43.4 Å². The van der Waals surface area contributed by atoms with Gasteiger partial charge < -0.3 is 14.5 Å². The van der Waals surface area contributed by atoms with E-state index in [2.05, 4.69) is 6.07 Å². The van der Waals surface area contributed by atoms with E-state index in [0.29, 0.717) is 19.7 Å². The lowest BCUT2D eigenvalue weighted by molar-refractivity contribution is -0.131. The molecule has 1 aliphatic rings. The molecule has 1 aliphatic heterocycles. The van der Waals surface area contributed by atoms with Crippen LogP contribution in [0.3, 0.4) is 0 Å². The average Bonchev–Trinajstić information content (AvgIpc) is 2.58. The van der Waals surface area contributed by atoms with Crippen LogP contribution < -0.4 is 9.64 Å². The second-order valence-corrected chi connectivity index (χ2v) is 5.57. The maximum atomic E-state index is 12.0. The van der Waals surface area contributed by atoms with Gasteiger partial charge in [0.2, 0.25) is 5.91 Å². The van der Waals surface area contributed by atoms with Crippen molar-refractivity contribution in [2.75, 3.05) is 32.1 Å². The predicted molar refractivity (Wildman–Crippen MR) is 77.0 cm³/mol. The Kier molecular flexibility index (Phi) is 4.20. The van der Waals surface area contributed by atoms with E-state index in [1.165, 1.54) is 0 Å². The topological polar surface area (TPSA) is 32.8 Å². The van der Waals surface area contributed by atoms with E-state index in [1.54, 1.807) is 11.8 Å². The number of rotatable bonds is 2. The molecule has 1 heterocycles. The number of ether oxygens (including phenoxy) is 1. The van der Waals surface area contributed by atoms with Gasteiger partial charge in [-0.05, 0) is 25.1 Å². The summed E-state index contributed by atoms with van der Waals surface area (Å²) < 4.78 is 5.69. The number of hydrogen-bond acceptors (Lipinski definition) is 3. The van der Waals surface area contributed by atoms with Crippen LogP contribution in [0.4, 0.5) is 5.69 Å². The average molecular weight is 283 g/mol. The molecule has 0 saturated carbocycles. The van der Waals surface area contributed by atoms with Crippen LogP contribution in [0.2, 0.25) is 0 Å². The lowest BCUT2D eigenvalue weighted by Crippen LogP contribution is -2.36. The molecule has 0 saturated heterocycles. The van der Waals surface area contributed by atoms with Crippen molar-refractivity contribution in [3.63, 3.8) is 0 Å². The number of carbonyl (C=O) groups is 1. The van der Waals surface area contributed by atoms with Gasteiger partial charge in [0.15, 0.2) is 0 Å². The fraction of sp³-hybridized carbons (Fsp3) is 0.500. The number of hydrogen-bond donors (Lipinski definition) is 0. The molecule has 1 aromatic rings. The van der Waals surface area contributed by atoms with Crippen LogP contribution >= 0.6 is 11.6 Å². The normalized spacial score (nSPS) is 16.1. The number of nitrogens with zero attached hydrogens (tertiary/aromatic N) is 2. The molecule has 2 rings (SSSR count). The van der Waals surface area contributed by atoms with E-state index >= 15 is 0 Å². The lowest BCUT2D eigenvalue weighted by Gasteiger charge is -2.21. The zero-order valence-electron chi connectivity index (χ0n) is 11.5. The van der Waals surface area contributed by atoms with Gasteiger partial charge in [0.1, 0.15) is 17.7 Å². The summed E-state index contributed by atoms with van der Waals surface area (Å²) in [6, 6.07) is 6.03. The highest BCUT2D eigenvalue weighted by Crippen LogP contribution is 2.27. The summed E-state index contributed by atoms with van der Waals surface area (Å²) in [5.41, 5.74) is 2.12. The Morgan fingerprint density at radius 3 is 2.84 bits per heavy atom. The molecule has 0 fully saturated rings. The van der Waals surface area contributed by atoms with Crippen molar-refractivity contribution in [3.05, 3.63) is 23.8 Å². The molecule has 1 aromatic carbocycles. The number of fused-ring (bicyclic) bond motifs is 1. The number of anilines is 1. The number of benzene rings is 1. The van der Waals surface area contributed by atoms with Crippen molar-refractivity contribution in [2.24, 2.45) is 0 Å². The smallest absolute Gasteiger partial charge is 0.240 e. The molecule has 0 radical (unpaired) electrons. The summed E-state index contributed by atoms with van der Waals surface area (Å²) in [4.78, 5) is 15.8. The highest BCUT2D eigenvalue weighted by atomic mass is 35.5. The largest absolute Gasteiger partial charge is 0.491 e. The van der Waals surface area contributed by atoms with E-state index < -0.39 is 5.38 Å². The summed E-state index contributed by atoms with van der Waals surface area (Å²) in [5.74, 6) is 0.802. The molecule has 1 unspecified atom stereocenters. The Balaban J connectivity index is 2.27. The zero-order chi connectivity index (χ0) is 14.0. The quantitative estimate of drug-likeness (QED) is 0.779. The van der Waals surface area contributed by atoms with Crippen molar-refractivity contribution in [2.45, 2.75) is 18.8 Å². The first kappa shape index (κ1) is 14.0. The summed E-state index contributed by atoms with van der Waals surface area (Å²) in [6.07, 6.45) is 0. The molecule has 1 amide bonds. The SMILES string of the molecule is CC(Cl)C(=O)N1CCOc2ccc(N(C)C)cc2C1. The van der Waals surface area contributed by atoms with Gasteiger partial charge >= 0.3 is 0 Å². The summed E-state index contributed by atoms with van der Waals surface area (Å²) >= 11 is 5.88. The third-order valence-electron chi connectivity index (χ3n) is 3.19. The van der Waals surface area contributed by atoms with Crippen LogP contribution in [0.15, 0.2) is 18.2 Å². The van der Waals surface area contributed by atoms with E-state index in [9.17, 15) is 4.79 Å². The highest BCUT2D eigenvalue weighted by molar-refractivity contribution is 6.30. The van der Waals surface area contributed by atoms with E-state index in [-0.39, 0.29) is 5.91 Å². The van der Waals surface area contributed by atoms with Gasteiger partial charge in [-0.15, -0.1) is 11.6 Å². The van der Waals surface area contributed by atoms with Gasteiger partial charge in [0.25, 0.3) is 0 Å². The van der Waals surface area contributed by atoms with Gasteiger partial charge in [0, 0.05) is 31.9 Å². The number of carbonyl (C=O) groups excluding carboxylic acids is 1. The first-order chi connectivity index (χ1) is 8.99. The lowest BCUT2D eigenvalue weighted by atomic mass is 10.1. The van der Waals surface area contributed by atoms with Crippen LogP contribution in [0, 0.1) is 0 Å². The van der Waals surface area contributed by atoms with Crippen molar-refractivity contribution >= 4 is 23.2 Å². The van der Waals surface area contributed by atoms with Gasteiger partial charge in [-0.3, -0.25) is 4.79 Å². The zero-order valence-corrected chi connectivity index (χ0v) is 12.3. The molecule has 0 bridgehead atoms. The predicted octanol–water partition coefficient (Wildman–Crippen LogP) is 2.10. The van der Waals surface area contributed by atoms with Gasteiger partial charge in [-0.1, -0.05) is 0 Å². The first-order valence-electron chi connectivity index (χ1n) is 6.35. The van der Waals surface area contributed by atoms with Crippen molar-refractivity contribution < 1.29 is 9.53 Å². The molecule has 104 valence electrons. The van der Waals surface area contributed by atoms with Crippen LogP contribution in [0.5, 0.6) is 5.75 Å². The van der Waals surface area contributed by atoms with E-state index in [0.717, 1.165) is 17.0 Å². The standard InChI is InChI=1S/C14H19ClN2O2/c1-10(15)14(18)17-6-7-19-13-5-4-12(16(2)3)8-11(13)9-17/h4-5,8,10H,6-7,9H2,1-3H3. The Morgan fingerprint density at radius 1 is 1.47 bits per heavy atom. The second-order valence-electron chi connectivity index (χ2n) is 4.91. The van der Waals surface area contributed by atoms with Crippen molar-refractivity contribution in [3.8, 4) is 5.75 Å². The minimum atomic E-state index is -0.501. The summed E-state index contributed by atoms with van der Waals surface area (Å²) in [5, 5.41) is -0.501. The molecule has 5 heteroatoms. The van der Waals surface area contributed by atoms with E-state index in [1.807, 2.05) is 31.1 Å². The molecule has 19 heavy (non-hydrogen) atoms. The molecule has 1 atom stereocenters. The Morgan fingerprint density at radius 2 is 2.21 bits per heavy atom. The molecule has 0 N–H and O–H groups in total. The van der Waals surface area contributed by atoms with Crippen molar-refractivity contribution in [1.29, 1.82) is 0 Å². The fourth-order valence-corrected chi connectivity index (χ4v) is 2.24. The first-order valence-corrected chi connectivity index (χ1v) is 6.78. The van der Waals surface area contributed by atoms with Gasteiger partial charge in [0.05, 0.1) is 6.54 Å². The van der Waals surface area contributed by atoms with E-state index in [4.69, 9.17) is 16.3 Å². The van der Waals surface area contributed by atoms with Gasteiger partial charge in [-0.2, -0.15) is 0 Å². The molecule has 0 spiro atoms. The maximum absolute atomic E-state index is 12.0. The molecule has 0 aromatic heterocycles. The summed E-state index contributed by atoms with van der Waals surface area (Å²) in [6.45, 7) is 3.32. The molecule has 0 aliphatic carbocycles. The second kappa shape index (κ2) is 5.70. The Hall–Kier alpha value is -1.42. The van der Waals surface area contributed by atoms with Crippen LogP contribution in [0.25, 0.3) is 0 Å². The molecular formula is C14H19ClN2O2. The monoisotopic (exact) mass is 282 g/mol. The third kappa shape index (κ3) is 3.13. The number of amides is 1. The number of halogens is 1. The molecular weight excluding hydrogens is 264 g/mol. The van der Waals surface area contributed by atoms with Crippen molar-refractivity contribution in [1.82, 2.24) is 4.90 Å². The fourth-order valence-electron chi connectivity index (χ4n) is 2.10. The highest BCUT2D eigenvalue weighted by Gasteiger charge is 2.23. The summed E-state index contributed by atoms with van der Waals surface area (Å²) in [7, 11) is 3.98. The van der Waals surface area contributed by atoms with Gasteiger partial charge in [-0.25, -0.2) is 0 Å². The molecule has 4 nitrogen and oxygen atoms in total. The minimum absolute atomic E-state index is 0.0478. The maximum Gasteiger partial charge on any atom is 0.240 e. The third-order valence-corrected chi connectivity index (χ3v) is 3.38. The Bertz CT molecular complexity index is 475. The minimum Gasteiger partial charge on any atom is -0.491 e. The van der Waals surface area contributed by atoms with Crippen LogP contribution in [0.1, 0.15) is 12.5 Å². The Labute approximate surface area is 118 Å². The number of alkyl halides is 1.